The van der Waals surface area contributed by atoms with Crippen LogP contribution in [0.25, 0.3) is 22.3 Å². The van der Waals surface area contributed by atoms with Gasteiger partial charge in [-0.25, -0.2) is 4.79 Å². The predicted molar refractivity (Wildman–Crippen MR) is 110 cm³/mol. The molecule has 1 aromatic heterocycles. The summed E-state index contributed by atoms with van der Waals surface area (Å²) in [6.45, 7) is 0.438. The highest BCUT2D eigenvalue weighted by molar-refractivity contribution is 6.33. The van der Waals surface area contributed by atoms with Crippen molar-refractivity contribution in [3.05, 3.63) is 71.5 Å². The number of carbonyl (C=O) groups excluding carboxylic acids is 1. The molecule has 3 aromatic rings. The maximum Gasteiger partial charge on any atom is 0.326 e. The van der Waals surface area contributed by atoms with Crippen molar-refractivity contribution in [3.8, 4) is 22.3 Å². The van der Waals surface area contributed by atoms with Gasteiger partial charge in [-0.3, -0.25) is 4.79 Å². The molecule has 1 N–H and O–H groups in total. The number of hydrogen-bond donors (Lipinski definition) is 1. The molecule has 0 aliphatic carbocycles. The summed E-state index contributed by atoms with van der Waals surface area (Å²) in [5.41, 5.74) is 3.70. The maximum absolute atomic E-state index is 13.1. The van der Waals surface area contributed by atoms with Crippen LogP contribution in [0.1, 0.15) is 23.2 Å². The minimum atomic E-state index is -0.971. The lowest BCUT2D eigenvalue weighted by Crippen LogP contribution is -2.40. The summed E-state index contributed by atoms with van der Waals surface area (Å²) in [6, 6.07) is 13.8. The fourth-order valence-electron chi connectivity index (χ4n) is 3.71. The second kappa shape index (κ2) is 8.01. The van der Waals surface area contributed by atoms with Crippen molar-refractivity contribution < 1.29 is 14.7 Å². The van der Waals surface area contributed by atoms with E-state index in [2.05, 4.69) is 10.2 Å². The Morgan fingerprint density at radius 3 is 2.59 bits per heavy atom. The monoisotopic (exact) mass is 407 g/mol. The first-order chi connectivity index (χ1) is 14.1. The van der Waals surface area contributed by atoms with Crippen molar-refractivity contribution in [1.29, 1.82) is 0 Å². The molecule has 1 unspecified atom stereocenters. The molecule has 0 saturated carbocycles. The van der Waals surface area contributed by atoms with Crippen molar-refractivity contribution >= 4 is 23.5 Å². The molecule has 0 radical (unpaired) electrons. The molecule has 1 aliphatic heterocycles. The average molecular weight is 408 g/mol. The van der Waals surface area contributed by atoms with Crippen LogP contribution in [0.4, 0.5) is 0 Å². The summed E-state index contributed by atoms with van der Waals surface area (Å²) >= 11 is 6.44. The second-order valence-electron chi connectivity index (χ2n) is 6.87. The number of likely N-dealkylation sites (tertiary alicyclic amines) is 1. The highest BCUT2D eigenvalue weighted by Gasteiger charge is 2.34. The Labute approximate surface area is 172 Å². The molecule has 2 aromatic carbocycles. The number of nitrogens with zero attached hydrogens (tertiary/aromatic N) is 3. The number of aliphatic carboxylic acids is 1. The van der Waals surface area contributed by atoms with Gasteiger partial charge in [-0.1, -0.05) is 35.9 Å². The molecule has 7 heteroatoms. The van der Waals surface area contributed by atoms with Gasteiger partial charge in [-0.15, -0.1) is 0 Å². The van der Waals surface area contributed by atoms with Gasteiger partial charge >= 0.3 is 5.97 Å². The van der Waals surface area contributed by atoms with Crippen molar-refractivity contribution in [2.24, 2.45) is 0 Å². The fourth-order valence-corrected chi connectivity index (χ4v) is 3.95. The van der Waals surface area contributed by atoms with Crippen molar-refractivity contribution in [2.45, 2.75) is 18.9 Å². The zero-order valence-electron chi connectivity index (χ0n) is 15.5. The molecule has 146 valence electrons. The number of carboxylic acids is 1. The van der Waals surface area contributed by atoms with E-state index in [0.29, 0.717) is 30.0 Å². The zero-order valence-corrected chi connectivity index (χ0v) is 16.2. The van der Waals surface area contributed by atoms with Crippen LogP contribution in [0.5, 0.6) is 0 Å². The summed E-state index contributed by atoms with van der Waals surface area (Å²) < 4.78 is 0. The second-order valence-corrected chi connectivity index (χ2v) is 7.27. The van der Waals surface area contributed by atoms with Gasteiger partial charge in [0.05, 0.1) is 12.4 Å². The van der Waals surface area contributed by atoms with Crippen LogP contribution >= 0.6 is 11.6 Å². The molecule has 29 heavy (non-hydrogen) atoms. The summed E-state index contributed by atoms with van der Waals surface area (Å²) in [5.74, 6) is -1.26. The molecule has 1 aliphatic rings. The Hall–Kier alpha value is -3.25. The topological polar surface area (TPSA) is 83.4 Å². The molecule has 1 saturated heterocycles. The number of benzene rings is 2. The third kappa shape index (κ3) is 3.71. The van der Waals surface area contributed by atoms with Crippen LogP contribution in [-0.4, -0.2) is 44.7 Å². The van der Waals surface area contributed by atoms with Gasteiger partial charge in [0.25, 0.3) is 5.91 Å². The average Bonchev–Trinajstić information content (AvgIpc) is 3.24. The van der Waals surface area contributed by atoms with Crippen molar-refractivity contribution in [3.63, 3.8) is 0 Å². The van der Waals surface area contributed by atoms with E-state index >= 15 is 0 Å². The van der Waals surface area contributed by atoms with Crippen LogP contribution in [0, 0.1) is 0 Å². The Morgan fingerprint density at radius 2 is 1.86 bits per heavy atom. The molecular weight excluding hydrogens is 390 g/mol. The van der Waals surface area contributed by atoms with Gasteiger partial charge in [0.1, 0.15) is 6.04 Å². The smallest absolute Gasteiger partial charge is 0.326 e. The molecule has 6 nitrogen and oxygen atoms in total. The zero-order chi connectivity index (χ0) is 20.4. The van der Waals surface area contributed by atoms with Crippen LogP contribution in [0.15, 0.2) is 60.9 Å². The standard InChI is InChI=1S/C22H18ClN3O3/c23-19-5-2-1-4-17(19)18-12-14(7-8-16(18)15-9-10-24-25-13-15)21(27)26-11-3-6-20(26)22(28)29/h1-2,4-5,7-10,12-13,20H,3,6,11H2,(H,28,29). The van der Waals surface area contributed by atoms with Gasteiger partial charge in [0, 0.05) is 28.3 Å². The molecule has 2 heterocycles. The number of carboxylic acid groups (broad SMARTS) is 1. The third-order valence-corrected chi connectivity index (χ3v) is 5.45. The number of halogens is 1. The van der Waals surface area contributed by atoms with E-state index in [4.69, 9.17) is 11.6 Å². The van der Waals surface area contributed by atoms with Crippen LogP contribution < -0.4 is 0 Å². The first-order valence-electron chi connectivity index (χ1n) is 9.26. The van der Waals surface area contributed by atoms with E-state index in [-0.39, 0.29) is 5.91 Å². The third-order valence-electron chi connectivity index (χ3n) is 5.12. The molecule has 0 bridgehead atoms. The molecule has 0 spiro atoms. The number of rotatable bonds is 4. The molecule has 1 amide bonds. The van der Waals surface area contributed by atoms with E-state index < -0.39 is 12.0 Å². The molecule has 1 fully saturated rings. The van der Waals surface area contributed by atoms with E-state index in [9.17, 15) is 14.7 Å². The van der Waals surface area contributed by atoms with E-state index in [1.807, 2.05) is 30.3 Å². The molecule has 4 rings (SSSR count). The Bertz CT molecular complexity index is 1070. The fraction of sp³-hybridized carbons (Fsp3) is 0.182. The van der Waals surface area contributed by atoms with E-state index in [1.54, 1.807) is 30.6 Å². The summed E-state index contributed by atoms with van der Waals surface area (Å²) in [4.78, 5) is 26.0. The minimum Gasteiger partial charge on any atom is -0.480 e. The number of carbonyl (C=O) groups is 2. The highest BCUT2D eigenvalue weighted by Crippen LogP contribution is 2.37. The maximum atomic E-state index is 13.1. The van der Waals surface area contributed by atoms with E-state index in [0.717, 1.165) is 22.3 Å². The lowest BCUT2D eigenvalue weighted by molar-refractivity contribution is -0.141. The number of hydrogen-bond acceptors (Lipinski definition) is 4. The summed E-state index contributed by atoms with van der Waals surface area (Å²) in [6.07, 6.45) is 4.41. The normalized spacial score (nSPS) is 16.0. The van der Waals surface area contributed by atoms with Gasteiger partial charge in [0.2, 0.25) is 0 Å². The van der Waals surface area contributed by atoms with Crippen LogP contribution in [0.2, 0.25) is 5.02 Å². The van der Waals surface area contributed by atoms with Crippen LogP contribution in [-0.2, 0) is 4.79 Å². The van der Waals surface area contributed by atoms with Crippen molar-refractivity contribution in [2.75, 3.05) is 6.54 Å². The lowest BCUT2D eigenvalue weighted by atomic mass is 9.93. The van der Waals surface area contributed by atoms with Crippen LogP contribution in [0.3, 0.4) is 0 Å². The quantitative estimate of drug-likeness (QED) is 0.702. The summed E-state index contributed by atoms with van der Waals surface area (Å²) in [7, 11) is 0. The number of aromatic nitrogens is 2. The number of amides is 1. The van der Waals surface area contributed by atoms with Gasteiger partial charge in [-0.05, 0) is 48.2 Å². The lowest BCUT2D eigenvalue weighted by Gasteiger charge is -2.22. The van der Waals surface area contributed by atoms with Gasteiger partial charge in [-0.2, -0.15) is 10.2 Å². The SMILES string of the molecule is O=C(O)C1CCCN1C(=O)c1ccc(-c2ccnnc2)c(-c2ccccc2Cl)c1. The van der Waals surface area contributed by atoms with Crippen molar-refractivity contribution in [1.82, 2.24) is 15.1 Å². The first-order valence-corrected chi connectivity index (χ1v) is 9.64. The van der Waals surface area contributed by atoms with Gasteiger partial charge in [0.15, 0.2) is 0 Å². The molecule has 1 atom stereocenters. The Balaban J connectivity index is 1.82. The summed E-state index contributed by atoms with van der Waals surface area (Å²) in [5, 5.41) is 17.7. The van der Waals surface area contributed by atoms with Gasteiger partial charge < -0.3 is 10.0 Å². The highest BCUT2D eigenvalue weighted by atomic mass is 35.5. The Morgan fingerprint density at radius 1 is 1.03 bits per heavy atom. The largest absolute Gasteiger partial charge is 0.480 e. The first kappa shape index (κ1) is 19.1. The predicted octanol–water partition coefficient (Wildman–Crippen LogP) is 4.15. The molecular formula is C22H18ClN3O3. The minimum absolute atomic E-state index is 0.289. The Kier molecular flexibility index (Phi) is 5.27. The van der Waals surface area contributed by atoms with E-state index in [1.165, 1.54) is 4.90 Å².